The fourth-order valence-electron chi connectivity index (χ4n) is 2.27. The number of nitrogens with zero attached hydrogens (tertiary/aromatic N) is 4. The number of thioether (sulfide) groups is 1. The van der Waals surface area contributed by atoms with Crippen LogP contribution in [0.15, 0.2) is 52.9 Å². The number of nitro groups is 1. The zero-order valence-corrected chi connectivity index (χ0v) is 15.0. The monoisotopic (exact) mass is 384 g/mol. The molecule has 1 amide bonds. The highest BCUT2D eigenvalue weighted by molar-refractivity contribution is 8.01. The Kier molecular flexibility index (Phi) is 5.46. The third-order valence-electron chi connectivity index (χ3n) is 3.48. The minimum Gasteiger partial charge on any atom is -0.298 e. The van der Waals surface area contributed by atoms with Gasteiger partial charge in [-0.25, -0.2) is 4.98 Å². The van der Waals surface area contributed by atoms with Crippen molar-refractivity contribution in [3.63, 3.8) is 0 Å². The van der Waals surface area contributed by atoms with Crippen LogP contribution in [0.5, 0.6) is 0 Å². The standard InChI is InChI=1S/C17H12N4O3S2/c18-8-9-20(12-4-2-1-3-5-12)16(22)11-25-17-19-14-7-6-13(21(23)24)10-15(14)26-17/h1-7,10H,9,11H2. The molecule has 130 valence electrons. The number of carbonyl (C=O) groups excluding carboxylic acids is 1. The van der Waals surface area contributed by atoms with Gasteiger partial charge in [0.15, 0.2) is 4.34 Å². The molecule has 1 heterocycles. The Bertz CT molecular complexity index is 998. The van der Waals surface area contributed by atoms with E-state index >= 15 is 0 Å². The fourth-order valence-corrected chi connectivity index (χ4v) is 4.25. The molecule has 0 aliphatic carbocycles. The van der Waals surface area contributed by atoms with Crippen LogP contribution in [0.3, 0.4) is 0 Å². The van der Waals surface area contributed by atoms with Crippen LogP contribution in [-0.2, 0) is 4.79 Å². The van der Waals surface area contributed by atoms with E-state index in [-0.39, 0.29) is 23.9 Å². The summed E-state index contributed by atoms with van der Waals surface area (Å²) in [5.74, 6) is -0.0774. The van der Waals surface area contributed by atoms with Crippen molar-refractivity contribution in [2.45, 2.75) is 4.34 Å². The van der Waals surface area contributed by atoms with Crippen molar-refractivity contribution in [1.82, 2.24) is 4.98 Å². The highest BCUT2D eigenvalue weighted by Gasteiger charge is 2.17. The number of nitriles is 1. The smallest absolute Gasteiger partial charge is 0.270 e. The Hall–Kier alpha value is -2.96. The summed E-state index contributed by atoms with van der Waals surface area (Å²) < 4.78 is 1.35. The van der Waals surface area contributed by atoms with E-state index in [1.54, 1.807) is 30.3 Å². The van der Waals surface area contributed by atoms with Gasteiger partial charge in [-0.2, -0.15) is 5.26 Å². The van der Waals surface area contributed by atoms with Gasteiger partial charge in [0, 0.05) is 17.8 Å². The van der Waals surface area contributed by atoms with Gasteiger partial charge < -0.3 is 0 Å². The molecule has 0 fully saturated rings. The topological polar surface area (TPSA) is 100 Å². The minimum atomic E-state index is -0.449. The van der Waals surface area contributed by atoms with Gasteiger partial charge in [-0.1, -0.05) is 30.0 Å². The molecule has 0 aliphatic rings. The van der Waals surface area contributed by atoms with Gasteiger partial charge in [-0.15, -0.1) is 11.3 Å². The van der Waals surface area contributed by atoms with Gasteiger partial charge in [-0.05, 0) is 18.2 Å². The molecule has 0 atom stereocenters. The van der Waals surface area contributed by atoms with Gasteiger partial charge in [-0.3, -0.25) is 19.8 Å². The Labute approximate surface area is 157 Å². The van der Waals surface area contributed by atoms with Gasteiger partial charge in [0.1, 0.15) is 6.54 Å². The van der Waals surface area contributed by atoms with Crippen LogP contribution in [0.2, 0.25) is 0 Å². The molecule has 0 radical (unpaired) electrons. The van der Waals surface area contributed by atoms with Crippen LogP contribution >= 0.6 is 23.1 Å². The Morgan fingerprint density at radius 1 is 1.31 bits per heavy atom. The second kappa shape index (κ2) is 7.95. The number of hydrogen-bond acceptors (Lipinski definition) is 7. The van der Waals surface area contributed by atoms with Crippen LogP contribution in [0.1, 0.15) is 0 Å². The summed E-state index contributed by atoms with van der Waals surface area (Å²) >= 11 is 2.56. The predicted molar refractivity (Wildman–Crippen MR) is 101 cm³/mol. The van der Waals surface area contributed by atoms with Crippen LogP contribution in [0.25, 0.3) is 10.2 Å². The number of fused-ring (bicyclic) bond motifs is 1. The summed E-state index contributed by atoms with van der Waals surface area (Å²) in [5, 5.41) is 19.8. The van der Waals surface area contributed by atoms with Crippen molar-refractivity contribution in [2.75, 3.05) is 17.2 Å². The molecule has 2 aromatic carbocycles. The van der Waals surface area contributed by atoms with E-state index in [0.717, 1.165) is 0 Å². The number of rotatable bonds is 6. The van der Waals surface area contributed by atoms with Gasteiger partial charge in [0.25, 0.3) is 5.69 Å². The zero-order chi connectivity index (χ0) is 18.5. The maximum atomic E-state index is 12.5. The molecule has 0 saturated carbocycles. The number of nitro benzene ring substituents is 1. The second-order valence-corrected chi connectivity index (χ2v) is 7.40. The number of amides is 1. The molecule has 9 heteroatoms. The number of carbonyl (C=O) groups is 1. The van der Waals surface area contributed by atoms with Crippen molar-refractivity contribution < 1.29 is 9.72 Å². The number of non-ortho nitro benzene ring substituents is 1. The normalized spacial score (nSPS) is 10.4. The third-order valence-corrected chi connectivity index (χ3v) is 5.63. The number of anilines is 1. The maximum Gasteiger partial charge on any atom is 0.270 e. The first-order chi connectivity index (χ1) is 12.6. The molecule has 0 aliphatic heterocycles. The lowest BCUT2D eigenvalue weighted by Gasteiger charge is -2.19. The number of benzene rings is 2. The molecule has 0 bridgehead atoms. The molecule has 0 unspecified atom stereocenters. The number of hydrogen-bond donors (Lipinski definition) is 0. The highest BCUT2D eigenvalue weighted by Crippen LogP contribution is 2.32. The SMILES string of the molecule is N#CCN(C(=O)CSc1nc2ccc([N+](=O)[O-])cc2s1)c1ccccc1. The Morgan fingerprint density at radius 2 is 2.08 bits per heavy atom. The Balaban J connectivity index is 1.73. The first-order valence-corrected chi connectivity index (χ1v) is 9.29. The Morgan fingerprint density at radius 3 is 2.77 bits per heavy atom. The van der Waals surface area contributed by atoms with Crippen LogP contribution in [0, 0.1) is 21.4 Å². The van der Waals surface area contributed by atoms with Crippen molar-refractivity contribution >= 4 is 50.6 Å². The summed E-state index contributed by atoms with van der Waals surface area (Å²) in [5.41, 5.74) is 1.34. The van der Waals surface area contributed by atoms with E-state index in [4.69, 9.17) is 5.26 Å². The van der Waals surface area contributed by atoms with Crippen LogP contribution < -0.4 is 4.90 Å². The van der Waals surface area contributed by atoms with Gasteiger partial charge in [0.05, 0.1) is 27.0 Å². The lowest BCUT2D eigenvalue weighted by Crippen LogP contribution is -2.32. The highest BCUT2D eigenvalue weighted by atomic mass is 32.2. The molecule has 3 rings (SSSR count). The molecule has 1 aromatic heterocycles. The van der Waals surface area contributed by atoms with Crippen molar-refractivity contribution in [1.29, 1.82) is 5.26 Å². The van der Waals surface area contributed by atoms with Gasteiger partial charge >= 0.3 is 0 Å². The van der Waals surface area contributed by atoms with Crippen LogP contribution in [-0.4, -0.2) is 28.1 Å². The first kappa shape index (κ1) is 17.8. The van der Waals surface area contributed by atoms with E-state index in [1.165, 1.54) is 40.1 Å². The zero-order valence-electron chi connectivity index (χ0n) is 13.4. The largest absolute Gasteiger partial charge is 0.298 e. The number of para-hydroxylation sites is 1. The summed E-state index contributed by atoms with van der Waals surface area (Å²) in [4.78, 5) is 28.7. The summed E-state index contributed by atoms with van der Waals surface area (Å²) in [7, 11) is 0. The predicted octanol–water partition coefficient (Wildman–Crippen LogP) is 3.85. The average Bonchev–Trinajstić information content (AvgIpc) is 3.07. The quantitative estimate of drug-likeness (QED) is 0.277. The van der Waals surface area contributed by atoms with Crippen molar-refractivity contribution in [2.24, 2.45) is 0 Å². The third kappa shape index (κ3) is 3.99. The fraction of sp³-hybridized carbons (Fsp3) is 0.118. The molecule has 0 spiro atoms. The lowest BCUT2D eigenvalue weighted by molar-refractivity contribution is -0.384. The summed E-state index contributed by atoms with van der Waals surface area (Å²) in [6.07, 6.45) is 0. The molecule has 26 heavy (non-hydrogen) atoms. The molecular weight excluding hydrogens is 372 g/mol. The van der Waals surface area contributed by atoms with Crippen molar-refractivity contribution in [3.05, 3.63) is 58.6 Å². The van der Waals surface area contributed by atoms with Crippen molar-refractivity contribution in [3.8, 4) is 6.07 Å². The van der Waals surface area contributed by atoms with E-state index in [1.807, 2.05) is 12.1 Å². The molecule has 0 N–H and O–H groups in total. The molecule has 3 aromatic rings. The molecule has 0 saturated heterocycles. The lowest BCUT2D eigenvalue weighted by atomic mass is 10.3. The molecular formula is C17H12N4O3S2. The number of thiazole rings is 1. The minimum absolute atomic E-state index is 0.0121. The van der Waals surface area contributed by atoms with E-state index in [9.17, 15) is 14.9 Å². The number of aromatic nitrogens is 1. The van der Waals surface area contributed by atoms with E-state index in [2.05, 4.69) is 4.98 Å². The maximum absolute atomic E-state index is 12.5. The molecule has 7 nitrogen and oxygen atoms in total. The second-order valence-electron chi connectivity index (χ2n) is 5.15. The first-order valence-electron chi connectivity index (χ1n) is 7.48. The average molecular weight is 384 g/mol. The van der Waals surface area contributed by atoms with E-state index in [0.29, 0.717) is 20.2 Å². The summed E-state index contributed by atoms with van der Waals surface area (Å²) in [6, 6.07) is 15.5. The summed E-state index contributed by atoms with van der Waals surface area (Å²) in [6.45, 7) is -0.0323. The van der Waals surface area contributed by atoms with Crippen LogP contribution in [0.4, 0.5) is 11.4 Å². The van der Waals surface area contributed by atoms with E-state index < -0.39 is 4.92 Å². The van der Waals surface area contributed by atoms with Gasteiger partial charge in [0.2, 0.25) is 5.91 Å².